The standard InChI is InChI=1S/C18H28N2O3/c1-14(19-13-18(22)10-6-3-7-11-18)12-17(21)20-15-8-4-5-9-16(15)23-2/h4-5,8-9,14,19,22H,3,6-7,10-13H2,1-2H3,(H,20,21). The molecular weight excluding hydrogens is 292 g/mol. The van der Waals surface area contributed by atoms with Gasteiger partial charge < -0.3 is 20.5 Å². The van der Waals surface area contributed by atoms with Crippen LogP contribution in [0.5, 0.6) is 5.75 Å². The van der Waals surface area contributed by atoms with Crippen molar-refractivity contribution in [2.45, 2.75) is 57.1 Å². The summed E-state index contributed by atoms with van der Waals surface area (Å²) in [7, 11) is 1.58. The van der Waals surface area contributed by atoms with Gasteiger partial charge in [-0.05, 0) is 31.9 Å². The summed E-state index contributed by atoms with van der Waals surface area (Å²) in [4.78, 5) is 12.2. The summed E-state index contributed by atoms with van der Waals surface area (Å²) >= 11 is 0. The fourth-order valence-corrected chi connectivity index (χ4v) is 3.05. The lowest BCUT2D eigenvalue weighted by atomic mass is 9.85. The topological polar surface area (TPSA) is 70.6 Å². The molecule has 0 bridgehead atoms. The van der Waals surface area contributed by atoms with Gasteiger partial charge in [-0.15, -0.1) is 0 Å². The smallest absolute Gasteiger partial charge is 0.226 e. The number of carbonyl (C=O) groups is 1. The maximum absolute atomic E-state index is 12.2. The summed E-state index contributed by atoms with van der Waals surface area (Å²) in [6.07, 6.45) is 5.43. The lowest BCUT2D eigenvalue weighted by Gasteiger charge is -2.33. The third-order valence-corrected chi connectivity index (χ3v) is 4.44. The van der Waals surface area contributed by atoms with E-state index in [2.05, 4.69) is 10.6 Å². The average molecular weight is 320 g/mol. The lowest BCUT2D eigenvalue weighted by Crippen LogP contribution is -2.45. The van der Waals surface area contributed by atoms with Gasteiger partial charge in [0.1, 0.15) is 5.75 Å². The Bertz CT molecular complexity index is 513. The van der Waals surface area contributed by atoms with Crippen LogP contribution in [0.15, 0.2) is 24.3 Å². The minimum atomic E-state index is -0.606. The van der Waals surface area contributed by atoms with Crippen molar-refractivity contribution in [3.63, 3.8) is 0 Å². The largest absolute Gasteiger partial charge is 0.495 e. The number of hydrogen-bond donors (Lipinski definition) is 3. The second kappa shape index (κ2) is 8.31. The number of carbonyl (C=O) groups excluding carboxylic acids is 1. The molecule has 1 fully saturated rings. The van der Waals surface area contributed by atoms with Gasteiger partial charge in [-0.1, -0.05) is 31.4 Å². The molecule has 3 N–H and O–H groups in total. The van der Waals surface area contributed by atoms with Crippen LogP contribution in [-0.4, -0.2) is 36.3 Å². The number of methoxy groups -OCH3 is 1. The van der Waals surface area contributed by atoms with Crippen LogP contribution < -0.4 is 15.4 Å². The molecule has 1 aliphatic rings. The third kappa shape index (κ3) is 5.52. The zero-order chi connectivity index (χ0) is 16.7. The number of amides is 1. The van der Waals surface area contributed by atoms with Crippen LogP contribution in [0.4, 0.5) is 5.69 Å². The summed E-state index contributed by atoms with van der Waals surface area (Å²) in [5, 5.41) is 16.6. The summed E-state index contributed by atoms with van der Waals surface area (Å²) in [5.74, 6) is 0.586. The van der Waals surface area contributed by atoms with Crippen molar-refractivity contribution < 1.29 is 14.6 Å². The summed E-state index contributed by atoms with van der Waals surface area (Å²) < 4.78 is 5.23. The summed E-state index contributed by atoms with van der Waals surface area (Å²) in [6.45, 7) is 2.52. The van der Waals surface area contributed by atoms with E-state index in [0.717, 1.165) is 25.7 Å². The molecular formula is C18H28N2O3. The minimum Gasteiger partial charge on any atom is -0.495 e. The van der Waals surface area contributed by atoms with Crippen molar-refractivity contribution in [1.82, 2.24) is 5.32 Å². The van der Waals surface area contributed by atoms with E-state index in [9.17, 15) is 9.90 Å². The van der Waals surface area contributed by atoms with E-state index in [4.69, 9.17) is 4.74 Å². The number of benzene rings is 1. The van der Waals surface area contributed by atoms with Gasteiger partial charge in [-0.25, -0.2) is 0 Å². The van der Waals surface area contributed by atoms with E-state index < -0.39 is 5.60 Å². The van der Waals surface area contributed by atoms with Crippen LogP contribution in [0.2, 0.25) is 0 Å². The molecule has 0 spiro atoms. The molecule has 0 aromatic heterocycles. The van der Waals surface area contributed by atoms with Crippen molar-refractivity contribution in [3.8, 4) is 5.75 Å². The van der Waals surface area contributed by atoms with Gasteiger partial charge in [-0.2, -0.15) is 0 Å². The Morgan fingerprint density at radius 3 is 2.70 bits per heavy atom. The Hall–Kier alpha value is -1.59. The van der Waals surface area contributed by atoms with Crippen LogP contribution in [0, 0.1) is 0 Å². The first-order valence-electron chi connectivity index (χ1n) is 8.41. The van der Waals surface area contributed by atoms with E-state index in [0.29, 0.717) is 24.4 Å². The van der Waals surface area contributed by atoms with Crippen LogP contribution in [0.3, 0.4) is 0 Å². The highest BCUT2D eigenvalue weighted by molar-refractivity contribution is 5.92. The Kier molecular flexibility index (Phi) is 6.42. The molecule has 0 saturated heterocycles. The van der Waals surface area contributed by atoms with E-state index in [1.54, 1.807) is 7.11 Å². The quantitative estimate of drug-likeness (QED) is 0.722. The van der Waals surface area contributed by atoms with Crippen molar-refractivity contribution in [1.29, 1.82) is 0 Å². The molecule has 23 heavy (non-hydrogen) atoms. The Labute approximate surface area is 138 Å². The molecule has 128 valence electrons. The molecule has 0 radical (unpaired) electrons. The first-order valence-corrected chi connectivity index (χ1v) is 8.41. The number of hydrogen-bond acceptors (Lipinski definition) is 4. The monoisotopic (exact) mass is 320 g/mol. The van der Waals surface area contributed by atoms with Gasteiger partial charge in [0, 0.05) is 19.0 Å². The van der Waals surface area contributed by atoms with Gasteiger partial charge in [0.05, 0.1) is 18.4 Å². The first-order chi connectivity index (χ1) is 11.0. The molecule has 1 saturated carbocycles. The number of aliphatic hydroxyl groups is 1. The highest BCUT2D eigenvalue weighted by atomic mass is 16.5. The maximum atomic E-state index is 12.2. The molecule has 1 amide bonds. The highest BCUT2D eigenvalue weighted by Crippen LogP contribution is 2.27. The summed E-state index contributed by atoms with van der Waals surface area (Å²) in [5.41, 5.74) is 0.0733. The number of ether oxygens (including phenoxy) is 1. The van der Waals surface area contributed by atoms with Crippen LogP contribution in [-0.2, 0) is 4.79 Å². The van der Waals surface area contributed by atoms with E-state index >= 15 is 0 Å². The molecule has 1 aromatic rings. The van der Waals surface area contributed by atoms with Crippen molar-refractivity contribution >= 4 is 11.6 Å². The normalized spacial score (nSPS) is 18.2. The van der Waals surface area contributed by atoms with Crippen LogP contribution >= 0.6 is 0 Å². The first kappa shape index (κ1) is 17.8. The summed E-state index contributed by atoms with van der Waals surface area (Å²) in [6, 6.07) is 7.37. The highest BCUT2D eigenvalue weighted by Gasteiger charge is 2.29. The van der Waals surface area contributed by atoms with E-state index in [1.807, 2.05) is 31.2 Å². The Morgan fingerprint density at radius 2 is 2.00 bits per heavy atom. The predicted molar refractivity (Wildman–Crippen MR) is 91.7 cm³/mol. The average Bonchev–Trinajstić information content (AvgIpc) is 2.54. The van der Waals surface area contributed by atoms with Gasteiger partial charge in [0.15, 0.2) is 0 Å². The number of nitrogens with one attached hydrogen (secondary N) is 2. The molecule has 1 atom stereocenters. The molecule has 0 aliphatic heterocycles. The number of para-hydroxylation sites is 2. The van der Waals surface area contributed by atoms with Crippen molar-refractivity contribution in [2.24, 2.45) is 0 Å². The SMILES string of the molecule is COc1ccccc1NC(=O)CC(C)NCC1(O)CCCCC1. The van der Waals surface area contributed by atoms with Crippen LogP contribution in [0.25, 0.3) is 0 Å². The fourth-order valence-electron chi connectivity index (χ4n) is 3.05. The second-order valence-corrected chi connectivity index (χ2v) is 6.52. The molecule has 0 heterocycles. The van der Waals surface area contributed by atoms with Gasteiger partial charge in [0.25, 0.3) is 0 Å². The maximum Gasteiger partial charge on any atom is 0.226 e. The number of anilines is 1. The fraction of sp³-hybridized carbons (Fsp3) is 0.611. The molecule has 1 unspecified atom stereocenters. The lowest BCUT2D eigenvalue weighted by molar-refractivity contribution is -0.116. The van der Waals surface area contributed by atoms with E-state index in [1.165, 1.54) is 6.42 Å². The van der Waals surface area contributed by atoms with Crippen molar-refractivity contribution in [3.05, 3.63) is 24.3 Å². The van der Waals surface area contributed by atoms with Crippen molar-refractivity contribution in [2.75, 3.05) is 19.0 Å². The predicted octanol–water partition coefficient (Wildman–Crippen LogP) is 2.70. The zero-order valence-electron chi connectivity index (χ0n) is 14.1. The Balaban J connectivity index is 1.78. The zero-order valence-corrected chi connectivity index (χ0v) is 14.1. The third-order valence-electron chi connectivity index (χ3n) is 4.44. The second-order valence-electron chi connectivity index (χ2n) is 6.52. The molecule has 2 rings (SSSR count). The van der Waals surface area contributed by atoms with Gasteiger partial charge >= 0.3 is 0 Å². The minimum absolute atomic E-state index is 0.00987. The van der Waals surface area contributed by atoms with Gasteiger partial charge in [0.2, 0.25) is 5.91 Å². The van der Waals surface area contributed by atoms with E-state index in [-0.39, 0.29) is 11.9 Å². The molecule has 5 heteroatoms. The van der Waals surface area contributed by atoms with Gasteiger partial charge in [-0.3, -0.25) is 4.79 Å². The molecule has 5 nitrogen and oxygen atoms in total. The molecule has 1 aliphatic carbocycles. The molecule has 1 aromatic carbocycles. The van der Waals surface area contributed by atoms with Crippen LogP contribution in [0.1, 0.15) is 45.4 Å². The number of rotatable bonds is 7. The Morgan fingerprint density at radius 1 is 1.30 bits per heavy atom.